The highest BCUT2D eigenvalue weighted by molar-refractivity contribution is 6.30. The lowest BCUT2D eigenvalue weighted by atomic mass is 10.2. The Morgan fingerprint density at radius 2 is 2.06 bits per heavy atom. The van der Waals surface area contributed by atoms with Crippen molar-refractivity contribution in [3.05, 3.63) is 29.3 Å². The number of benzene rings is 1. The molecule has 0 spiro atoms. The summed E-state index contributed by atoms with van der Waals surface area (Å²) in [5, 5.41) is 0.688. The second-order valence-corrected chi connectivity index (χ2v) is 4.42. The van der Waals surface area contributed by atoms with Crippen LogP contribution in [0.1, 0.15) is 12.8 Å². The number of hydrogen-bond acceptors (Lipinski definition) is 3. The Morgan fingerprint density at radius 3 is 2.82 bits per heavy atom. The van der Waals surface area contributed by atoms with Crippen LogP contribution in [0.3, 0.4) is 0 Å². The molecule has 1 aliphatic rings. The summed E-state index contributed by atoms with van der Waals surface area (Å²) in [5.41, 5.74) is 0. The Kier molecular flexibility index (Phi) is 5.10. The van der Waals surface area contributed by atoms with Crippen LogP contribution in [-0.4, -0.2) is 32.5 Å². The molecule has 0 saturated carbocycles. The predicted octanol–water partition coefficient (Wildman–Crippen LogP) is 2.91. The van der Waals surface area contributed by atoms with E-state index in [0.29, 0.717) is 24.3 Å². The second kappa shape index (κ2) is 6.84. The zero-order chi connectivity index (χ0) is 11.9. The zero-order valence-electron chi connectivity index (χ0n) is 9.73. The van der Waals surface area contributed by atoms with Crippen LogP contribution in [0.25, 0.3) is 0 Å². The average Bonchev–Trinajstić information content (AvgIpc) is 2.36. The van der Waals surface area contributed by atoms with E-state index >= 15 is 0 Å². The lowest BCUT2D eigenvalue weighted by molar-refractivity contribution is -0.0388. The smallest absolute Gasteiger partial charge is 0.120 e. The molecule has 1 fully saturated rings. The van der Waals surface area contributed by atoms with Crippen LogP contribution in [0.2, 0.25) is 5.02 Å². The SMILES string of the molecule is Clc1cccc(OCCOC2CCOCC2)c1. The molecule has 1 aromatic rings. The van der Waals surface area contributed by atoms with E-state index in [4.69, 9.17) is 25.8 Å². The summed E-state index contributed by atoms with van der Waals surface area (Å²) in [6.45, 7) is 2.77. The van der Waals surface area contributed by atoms with Crippen LogP contribution >= 0.6 is 11.6 Å². The summed E-state index contributed by atoms with van der Waals surface area (Å²) in [6, 6.07) is 7.39. The van der Waals surface area contributed by atoms with Gasteiger partial charge < -0.3 is 14.2 Å². The minimum Gasteiger partial charge on any atom is -0.491 e. The molecule has 0 N–H and O–H groups in total. The first kappa shape index (κ1) is 12.7. The Hall–Kier alpha value is -0.770. The van der Waals surface area contributed by atoms with Crippen molar-refractivity contribution in [3.8, 4) is 5.75 Å². The zero-order valence-corrected chi connectivity index (χ0v) is 10.5. The third-order valence-corrected chi connectivity index (χ3v) is 2.91. The molecule has 0 unspecified atom stereocenters. The lowest BCUT2D eigenvalue weighted by Crippen LogP contribution is -2.25. The summed E-state index contributed by atoms with van der Waals surface area (Å²) in [4.78, 5) is 0. The molecule has 0 aliphatic carbocycles. The van der Waals surface area contributed by atoms with E-state index in [2.05, 4.69) is 0 Å². The molecule has 0 amide bonds. The maximum Gasteiger partial charge on any atom is 0.120 e. The molecule has 3 nitrogen and oxygen atoms in total. The summed E-state index contributed by atoms with van der Waals surface area (Å²) in [6.07, 6.45) is 2.29. The van der Waals surface area contributed by atoms with Crippen molar-refractivity contribution in [2.24, 2.45) is 0 Å². The molecule has 0 atom stereocenters. The van der Waals surface area contributed by atoms with Gasteiger partial charge in [-0.05, 0) is 31.0 Å². The van der Waals surface area contributed by atoms with E-state index in [1.165, 1.54) is 0 Å². The van der Waals surface area contributed by atoms with Gasteiger partial charge in [-0.2, -0.15) is 0 Å². The van der Waals surface area contributed by atoms with Gasteiger partial charge in [0.05, 0.1) is 12.7 Å². The molecule has 4 heteroatoms. The topological polar surface area (TPSA) is 27.7 Å². The van der Waals surface area contributed by atoms with Gasteiger partial charge in [-0.25, -0.2) is 0 Å². The molecular weight excluding hydrogens is 240 g/mol. The Balaban J connectivity index is 1.62. The Bertz CT molecular complexity index is 337. The molecule has 94 valence electrons. The fraction of sp³-hybridized carbons (Fsp3) is 0.538. The normalized spacial score (nSPS) is 17.0. The number of rotatable bonds is 5. The van der Waals surface area contributed by atoms with Gasteiger partial charge in [0.25, 0.3) is 0 Å². The summed E-state index contributed by atoms with van der Waals surface area (Å²) >= 11 is 5.85. The van der Waals surface area contributed by atoms with Crippen LogP contribution in [0.5, 0.6) is 5.75 Å². The highest BCUT2D eigenvalue weighted by atomic mass is 35.5. The van der Waals surface area contributed by atoms with Crippen molar-refractivity contribution < 1.29 is 14.2 Å². The van der Waals surface area contributed by atoms with Crippen molar-refractivity contribution in [3.63, 3.8) is 0 Å². The third kappa shape index (κ3) is 4.54. The molecule has 0 bridgehead atoms. The molecular formula is C13H17ClO3. The molecule has 1 heterocycles. The van der Waals surface area contributed by atoms with E-state index in [1.807, 2.05) is 18.2 Å². The van der Waals surface area contributed by atoms with Gasteiger partial charge in [-0.15, -0.1) is 0 Å². The Labute approximate surface area is 107 Å². The van der Waals surface area contributed by atoms with Crippen LogP contribution in [0, 0.1) is 0 Å². The molecule has 1 saturated heterocycles. The second-order valence-electron chi connectivity index (χ2n) is 3.99. The van der Waals surface area contributed by atoms with Gasteiger partial charge in [0, 0.05) is 18.2 Å². The maximum atomic E-state index is 5.85. The van der Waals surface area contributed by atoms with Gasteiger partial charge in [-0.1, -0.05) is 17.7 Å². The Morgan fingerprint density at radius 1 is 1.24 bits per heavy atom. The van der Waals surface area contributed by atoms with Crippen molar-refractivity contribution in [1.82, 2.24) is 0 Å². The van der Waals surface area contributed by atoms with E-state index in [1.54, 1.807) is 6.07 Å². The van der Waals surface area contributed by atoms with Gasteiger partial charge in [0.2, 0.25) is 0 Å². The first-order valence-corrected chi connectivity index (χ1v) is 6.30. The molecule has 2 rings (SSSR count). The first-order chi connectivity index (χ1) is 8.34. The third-order valence-electron chi connectivity index (χ3n) is 2.67. The quantitative estimate of drug-likeness (QED) is 0.758. The summed E-state index contributed by atoms with van der Waals surface area (Å²) in [5.74, 6) is 0.785. The highest BCUT2D eigenvalue weighted by Gasteiger charge is 2.13. The number of hydrogen-bond donors (Lipinski definition) is 0. The summed E-state index contributed by atoms with van der Waals surface area (Å²) in [7, 11) is 0. The largest absolute Gasteiger partial charge is 0.491 e. The van der Waals surface area contributed by atoms with Gasteiger partial charge in [0.1, 0.15) is 12.4 Å². The van der Waals surface area contributed by atoms with Crippen LogP contribution < -0.4 is 4.74 Å². The van der Waals surface area contributed by atoms with E-state index in [0.717, 1.165) is 31.8 Å². The minimum absolute atomic E-state index is 0.326. The highest BCUT2D eigenvalue weighted by Crippen LogP contribution is 2.17. The van der Waals surface area contributed by atoms with E-state index in [-0.39, 0.29) is 0 Å². The standard InChI is InChI=1S/C13H17ClO3/c14-11-2-1-3-13(10-11)17-9-8-16-12-4-6-15-7-5-12/h1-3,10,12H,4-9H2. The fourth-order valence-electron chi connectivity index (χ4n) is 1.77. The average molecular weight is 257 g/mol. The van der Waals surface area contributed by atoms with Crippen molar-refractivity contribution in [2.45, 2.75) is 18.9 Å². The van der Waals surface area contributed by atoms with E-state index < -0.39 is 0 Å². The molecule has 0 aromatic heterocycles. The fourth-order valence-corrected chi connectivity index (χ4v) is 1.95. The van der Waals surface area contributed by atoms with Crippen LogP contribution in [0.15, 0.2) is 24.3 Å². The van der Waals surface area contributed by atoms with Crippen molar-refractivity contribution in [2.75, 3.05) is 26.4 Å². The molecule has 1 aliphatic heterocycles. The van der Waals surface area contributed by atoms with Crippen LogP contribution in [0.4, 0.5) is 0 Å². The number of ether oxygens (including phenoxy) is 3. The first-order valence-electron chi connectivity index (χ1n) is 5.92. The lowest BCUT2D eigenvalue weighted by Gasteiger charge is -2.22. The summed E-state index contributed by atoms with van der Waals surface area (Å²) < 4.78 is 16.5. The molecule has 1 aromatic carbocycles. The molecule has 17 heavy (non-hydrogen) atoms. The van der Waals surface area contributed by atoms with Crippen molar-refractivity contribution in [1.29, 1.82) is 0 Å². The van der Waals surface area contributed by atoms with Crippen LogP contribution in [-0.2, 0) is 9.47 Å². The molecule has 0 radical (unpaired) electrons. The monoisotopic (exact) mass is 256 g/mol. The van der Waals surface area contributed by atoms with E-state index in [9.17, 15) is 0 Å². The van der Waals surface area contributed by atoms with Gasteiger partial charge in [0.15, 0.2) is 0 Å². The van der Waals surface area contributed by atoms with Crippen molar-refractivity contribution >= 4 is 11.6 Å². The van der Waals surface area contributed by atoms with Gasteiger partial charge in [-0.3, -0.25) is 0 Å². The number of halogens is 1. The minimum atomic E-state index is 0.326. The maximum absolute atomic E-state index is 5.85. The van der Waals surface area contributed by atoms with Gasteiger partial charge >= 0.3 is 0 Å². The predicted molar refractivity (Wildman–Crippen MR) is 66.7 cm³/mol.